The summed E-state index contributed by atoms with van der Waals surface area (Å²) in [6, 6.07) is 4.00. The number of benzene rings is 1. The van der Waals surface area contributed by atoms with Crippen molar-refractivity contribution in [2.24, 2.45) is 5.73 Å². The lowest BCUT2D eigenvalue weighted by Gasteiger charge is -2.10. The van der Waals surface area contributed by atoms with Crippen molar-refractivity contribution in [1.82, 2.24) is 0 Å². The van der Waals surface area contributed by atoms with Gasteiger partial charge in [0.1, 0.15) is 5.82 Å². The van der Waals surface area contributed by atoms with Gasteiger partial charge >= 0.3 is 0 Å². The largest absolute Gasteiger partial charge is 0.395 e. The van der Waals surface area contributed by atoms with Gasteiger partial charge in [0.05, 0.1) is 6.61 Å². The van der Waals surface area contributed by atoms with Crippen LogP contribution in [0, 0.1) is 5.82 Å². The topological polar surface area (TPSA) is 46.2 Å². The number of hydrogen-bond acceptors (Lipinski definition) is 2. The van der Waals surface area contributed by atoms with Crippen LogP contribution in [0.25, 0.3) is 0 Å². The van der Waals surface area contributed by atoms with Crippen molar-refractivity contribution in [3.05, 3.63) is 34.6 Å². The van der Waals surface area contributed by atoms with E-state index in [1.807, 2.05) is 0 Å². The minimum absolute atomic E-state index is 0.176. The maximum atomic E-state index is 13.1. The minimum atomic E-state index is -0.464. The van der Waals surface area contributed by atoms with Crippen LogP contribution in [0.1, 0.15) is 5.56 Å². The molecule has 1 rings (SSSR count). The van der Waals surface area contributed by atoms with Crippen LogP contribution in [0.5, 0.6) is 0 Å². The Morgan fingerprint density at radius 1 is 1.54 bits per heavy atom. The van der Waals surface area contributed by atoms with Gasteiger partial charge < -0.3 is 10.8 Å². The molecule has 1 aromatic carbocycles. The Hall–Kier alpha value is -0.640. The summed E-state index contributed by atoms with van der Waals surface area (Å²) in [7, 11) is 0. The van der Waals surface area contributed by atoms with Crippen LogP contribution in [0.3, 0.4) is 0 Å². The van der Waals surface area contributed by atoms with E-state index in [9.17, 15) is 4.39 Å². The fourth-order valence-corrected chi connectivity index (χ4v) is 1.29. The Kier molecular flexibility index (Phi) is 3.66. The summed E-state index contributed by atoms with van der Waals surface area (Å²) in [5.74, 6) is -0.378. The quantitative estimate of drug-likeness (QED) is 0.779. The van der Waals surface area contributed by atoms with Gasteiger partial charge in [-0.2, -0.15) is 0 Å². The number of hydrogen-bond donors (Lipinski definition) is 2. The van der Waals surface area contributed by atoms with E-state index in [1.165, 1.54) is 12.1 Å². The molecular formula is C9H11ClFNO. The molecule has 0 aromatic heterocycles. The monoisotopic (exact) mass is 203 g/mol. The number of rotatable bonds is 3. The molecule has 2 nitrogen and oxygen atoms in total. The van der Waals surface area contributed by atoms with Gasteiger partial charge in [-0.1, -0.05) is 17.7 Å². The molecule has 1 unspecified atom stereocenters. The summed E-state index contributed by atoms with van der Waals surface area (Å²) in [5.41, 5.74) is 5.83. The average molecular weight is 204 g/mol. The predicted molar refractivity (Wildman–Crippen MR) is 50.2 cm³/mol. The molecule has 0 fully saturated rings. The third-order valence-corrected chi connectivity index (χ3v) is 2.12. The molecule has 0 amide bonds. The first-order valence-corrected chi connectivity index (χ1v) is 4.32. The van der Waals surface area contributed by atoms with Crippen molar-refractivity contribution in [1.29, 1.82) is 0 Å². The molecule has 13 heavy (non-hydrogen) atoms. The van der Waals surface area contributed by atoms with Gasteiger partial charge in [0, 0.05) is 16.6 Å². The van der Waals surface area contributed by atoms with E-state index in [-0.39, 0.29) is 18.8 Å². The second-order valence-corrected chi connectivity index (χ2v) is 3.25. The molecule has 0 aliphatic rings. The van der Waals surface area contributed by atoms with Crippen molar-refractivity contribution in [2.45, 2.75) is 12.5 Å². The van der Waals surface area contributed by atoms with E-state index in [4.69, 9.17) is 22.4 Å². The van der Waals surface area contributed by atoms with E-state index in [2.05, 4.69) is 0 Å². The lowest BCUT2D eigenvalue weighted by atomic mass is 10.1. The highest BCUT2D eigenvalue weighted by atomic mass is 35.5. The standard InChI is InChI=1S/C9H11ClFNO/c10-8-2-1-3-9(11)7(8)4-6(12)5-13/h1-3,6,13H,4-5,12H2. The Bertz CT molecular complexity index is 273. The first-order valence-electron chi connectivity index (χ1n) is 3.94. The lowest BCUT2D eigenvalue weighted by Crippen LogP contribution is -2.27. The van der Waals surface area contributed by atoms with Crippen LogP contribution in [-0.2, 0) is 6.42 Å². The van der Waals surface area contributed by atoms with Crippen molar-refractivity contribution in [2.75, 3.05) is 6.61 Å². The molecule has 0 aliphatic heterocycles. The van der Waals surface area contributed by atoms with Crippen molar-refractivity contribution >= 4 is 11.6 Å². The SMILES string of the molecule is NC(CO)Cc1c(F)cccc1Cl. The molecule has 3 N–H and O–H groups in total. The zero-order chi connectivity index (χ0) is 9.84. The summed E-state index contributed by atoms with van der Waals surface area (Å²) in [4.78, 5) is 0. The first-order chi connectivity index (χ1) is 6.15. The van der Waals surface area contributed by atoms with Crippen LogP contribution in [0.2, 0.25) is 5.02 Å². The Labute approximate surface area is 81.1 Å². The average Bonchev–Trinajstić information content (AvgIpc) is 2.11. The molecule has 0 bridgehead atoms. The van der Waals surface area contributed by atoms with E-state index >= 15 is 0 Å². The Morgan fingerprint density at radius 2 is 2.23 bits per heavy atom. The number of aliphatic hydroxyl groups excluding tert-OH is 1. The lowest BCUT2D eigenvalue weighted by molar-refractivity contribution is 0.264. The molecule has 0 heterocycles. The number of nitrogens with two attached hydrogens (primary N) is 1. The fraction of sp³-hybridized carbons (Fsp3) is 0.333. The van der Waals surface area contributed by atoms with Gasteiger partial charge in [0.2, 0.25) is 0 Å². The zero-order valence-corrected chi connectivity index (χ0v) is 7.76. The van der Waals surface area contributed by atoms with Crippen molar-refractivity contribution < 1.29 is 9.50 Å². The maximum absolute atomic E-state index is 13.1. The predicted octanol–water partition coefficient (Wildman–Crippen LogP) is 1.34. The third-order valence-electron chi connectivity index (χ3n) is 1.76. The molecule has 0 saturated carbocycles. The molecule has 4 heteroatoms. The summed E-state index contributed by atoms with van der Waals surface area (Å²) in [5, 5.41) is 9.04. The molecule has 72 valence electrons. The van der Waals surface area contributed by atoms with Gasteiger partial charge in [-0.05, 0) is 18.6 Å². The van der Waals surface area contributed by atoms with Gasteiger partial charge in [-0.3, -0.25) is 0 Å². The molecule has 1 atom stereocenters. The molecule has 0 aliphatic carbocycles. The fourth-order valence-electron chi connectivity index (χ4n) is 1.05. The molecule has 0 spiro atoms. The maximum Gasteiger partial charge on any atom is 0.127 e. The summed E-state index contributed by atoms with van der Waals surface area (Å²) >= 11 is 5.75. The van der Waals surface area contributed by atoms with Crippen molar-refractivity contribution in [3.8, 4) is 0 Å². The van der Waals surface area contributed by atoms with E-state index in [0.717, 1.165) is 0 Å². The summed E-state index contributed by atoms with van der Waals surface area (Å²) in [6.07, 6.45) is 0.252. The van der Waals surface area contributed by atoms with Crippen LogP contribution in [0.15, 0.2) is 18.2 Å². The highest BCUT2D eigenvalue weighted by Crippen LogP contribution is 2.19. The molecule has 0 saturated heterocycles. The van der Waals surface area contributed by atoms with Crippen molar-refractivity contribution in [3.63, 3.8) is 0 Å². The summed E-state index contributed by atoms with van der Waals surface area (Å²) in [6.45, 7) is -0.176. The Morgan fingerprint density at radius 3 is 2.77 bits per heavy atom. The van der Waals surface area contributed by atoms with Crippen LogP contribution in [0.4, 0.5) is 4.39 Å². The second kappa shape index (κ2) is 4.56. The highest BCUT2D eigenvalue weighted by Gasteiger charge is 2.10. The second-order valence-electron chi connectivity index (χ2n) is 2.85. The van der Waals surface area contributed by atoms with Gasteiger partial charge in [0.25, 0.3) is 0 Å². The third kappa shape index (κ3) is 2.66. The number of halogens is 2. The molecular weight excluding hydrogens is 193 g/mol. The molecule has 1 aromatic rings. The summed E-state index contributed by atoms with van der Waals surface area (Å²) < 4.78 is 13.1. The Balaban J connectivity index is 2.87. The van der Waals surface area contributed by atoms with Gasteiger partial charge in [-0.25, -0.2) is 4.39 Å². The zero-order valence-electron chi connectivity index (χ0n) is 7.00. The first kappa shape index (κ1) is 10.4. The number of aliphatic hydroxyl groups is 1. The van der Waals surface area contributed by atoms with Crippen LogP contribution < -0.4 is 5.73 Å². The highest BCUT2D eigenvalue weighted by molar-refractivity contribution is 6.31. The molecule has 0 radical (unpaired) electrons. The van der Waals surface area contributed by atoms with E-state index in [1.54, 1.807) is 6.07 Å². The van der Waals surface area contributed by atoms with Gasteiger partial charge in [0.15, 0.2) is 0 Å². The van der Waals surface area contributed by atoms with E-state index < -0.39 is 6.04 Å². The normalized spacial score (nSPS) is 12.9. The van der Waals surface area contributed by atoms with Gasteiger partial charge in [-0.15, -0.1) is 0 Å². The van der Waals surface area contributed by atoms with Crippen LogP contribution >= 0.6 is 11.6 Å². The van der Waals surface area contributed by atoms with E-state index in [0.29, 0.717) is 10.6 Å². The minimum Gasteiger partial charge on any atom is -0.395 e. The smallest absolute Gasteiger partial charge is 0.127 e. The van der Waals surface area contributed by atoms with Crippen LogP contribution in [-0.4, -0.2) is 17.8 Å².